The summed E-state index contributed by atoms with van der Waals surface area (Å²) in [4.78, 5) is 15.0. The van der Waals surface area contributed by atoms with Gasteiger partial charge < -0.3 is 14.8 Å². The minimum Gasteiger partial charge on any atom is -0.493 e. The fourth-order valence-electron chi connectivity index (χ4n) is 4.16. The van der Waals surface area contributed by atoms with E-state index in [1.165, 1.54) is 5.56 Å². The van der Waals surface area contributed by atoms with Gasteiger partial charge in [0.2, 0.25) is 0 Å². The van der Waals surface area contributed by atoms with E-state index in [0.717, 1.165) is 53.3 Å². The summed E-state index contributed by atoms with van der Waals surface area (Å²) in [5, 5.41) is 3.14. The highest BCUT2D eigenvalue weighted by Gasteiger charge is 2.33. The predicted octanol–water partition coefficient (Wildman–Crippen LogP) is 3.54. The number of rotatable bonds is 1. The van der Waals surface area contributed by atoms with Crippen molar-refractivity contribution in [2.24, 2.45) is 0 Å². The molecule has 2 aromatic carbocycles. The molecule has 0 radical (unpaired) electrons. The van der Waals surface area contributed by atoms with Crippen molar-refractivity contribution in [3.05, 3.63) is 47.0 Å². The molecule has 0 aliphatic carbocycles. The number of para-hydroxylation sites is 1. The number of fused-ring (bicyclic) bond motifs is 3. The molecule has 5 nitrogen and oxygen atoms in total. The van der Waals surface area contributed by atoms with E-state index < -0.39 is 0 Å². The van der Waals surface area contributed by atoms with Gasteiger partial charge in [-0.1, -0.05) is 18.2 Å². The van der Waals surface area contributed by atoms with Gasteiger partial charge in [-0.3, -0.25) is 4.90 Å². The third-order valence-corrected chi connectivity index (χ3v) is 5.31. The molecule has 2 aromatic rings. The van der Waals surface area contributed by atoms with Crippen LogP contribution in [0.25, 0.3) is 0 Å². The van der Waals surface area contributed by atoms with Crippen molar-refractivity contribution >= 4 is 17.4 Å². The van der Waals surface area contributed by atoms with Crippen LogP contribution in [-0.4, -0.2) is 25.3 Å². The largest absolute Gasteiger partial charge is 0.493 e. The zero-order valence-corrected chi connectivity index (χ0v) is 14.2. The molecule has 0 saturated carbocycles. The van der Waals surface area contributed by atoms with E-state index in [9.17, 15) is 4.79 Å². The van der Waals surface area contributed by atoms with Crippen molar-refractivity contribution in [3.63, 3.8) is 0 Å². The Balaban J connectivity index is 1.52. The van der Waals surface area contributed by atoms with Crippen molar-refractivity contribution in [2.45, 2.75) is 32.2 Å². The Hall–Kier alpha value is -2.69. The number of carbonyl (C=O) groups is 1. The third-order valence-electron chi connectivity index (χ3n) is 5.31. The molecular weight excluding hydrogens is 316 g/mol. The van der Waals surface area contributed by atoms with Gasteiger partial charge in [-0.25, -0.2) is 4.79 Å². The second-order valence-electron chi connectivity index (χ2n) is 6.90. The van der Waals surface area contributed by atoms with Gasteiger partial charge in [0.15, 0.2) is 0 Å². The van der Waals surface area contributed by atoms with Crippen LogP contribution in [0.3, 0.4) is 0 Å². The van der Waals surface area contributed by atoms with Crippen LogP contribution in [0, 0.1) is 0 Å². The molecule has 3 aliphatic heterocycles. The van der Waals surface area contributed by atoms with Gasteiger partial charge >= 0.3 is 6.03 Å². The first-order valence-electron chi connectivity index (χ1n) is 8.85. The lowest BCUT2D eigenvalue weighted by molar-refractivity contribution is 0.255. The molecule has 0 saturated heterocycles. The molecule has 3 aliphatic rings. The maximum atomic E-state index is 13.1. The summed E-state index contributed by atoms with van der Waals surface area (Å²) in [5.41, 5.74) is 5.17. The molecule has 25 heavy (non-hydrogen) atoms. The number of ether oxygens (including phenoxy) is 2. The topological polar surface area (TPSA) is 50.8 Å². The van der Waals surface area contributed by atoms with E-state index in [0.29, 0.717) is 13.2 Å². The van der Waals surface area contributed by atoms with E-state index in [2.05, 4.69) is 24.4 Å². The summed E-state index contributed by atoms with van der Waals surface area (Å²) < 4.78 is 11.6. The van der Waals surface area contributed by atoms with Crippen LogP contribution >= 0.6 is 0 Å². The highest BCUT2D eigenvalue weighted by atomic mass is 16.5. The summed E-state index contributed by atoms with van der Waals surface area (Å²) in [6.45, 7) is 3.40. The van der Waals surface area contributed by atoms with E-state index >= 15 is 0 Å². The SMILES string of the molecule is CC1Cc2ccccc2N1C(=O)Nc1c2c(cc3c1OCC3)OCC2. The van der Waals surface area contributed by atoms with Crippen LogP contribution in [0.4, 0.5) is 16.2 Å². The lowest BCUT2D eigenvalue weighted by Gasteiger charge is -2.24. The molecule has 1 atom stereocenters. The molecule has 0 spiro atoms. The van der Waals surface area contributed by atoms with Gasteiger partial charge in [0.1, 0.15) is 11.5 Å². The average molecular weight is 336 g/mol. The van der Waals surface area contributed by atoms with E-state index in [4.69, 9.17) is 9.47 Å². The second-order valence-corrected chi connectivity index (χ2v) is 6.90. The maximum Gasteiger partial charge on any atom is 0.326 e. The zero-order chi connectivity index (χ0) is 17.0. The molecule has 3 heterocycles. The van der Waals surface area contributed by atoms with Gasteiger partial charge in [-0.15, -0.1) is 0 Å². The molecule has 2 amide bonds. The number of nitrogens with zero attached hydrogens (tertiary/aromatic N) is 1. The lowest BCUT2D eigenvalue weighted by atomic mass is 10.0. The Morgan fingerprint density at radius 1 is 1.16 bits per heavy atom. The first-order chi connectivity index (χ1) is 12.2. The fraction of sp³-hybridized carbons (Fsp3) is 0.350. The maximum absolute atomic E-state index is 13.1. The normalized spacial score (nSPS) is 19.7. The van der Waals surface area contributed by atoms with Gasteiger partial charge in [0.25, 0.3) is 0 Å². The molecule has 0 aromatic heterocycles. The predicted molar refractivity (Wildman–Crippen MR) is 95.9 cm³/mol. The standard InChI is InChI=1S/C20H20N2O3/c1-12-10-13-4-2-3-5-16(13)22(12)20(23)21-18-15-7-9-24-17(15)11-14-6-8-25-19(14)18/h2-5,11-12H,6-10H2,1H3,(H,21,23). The van der Waals surface area contributed by atoms with Gasteiger partial charge in [0.05, 0.1) is 18.9 Å². The summed E-state index contributed by atoms with van der Waals surface area (Å²) in [6.07, 6.45) is 2.54. The summed E-state index contributed by atoms with van der Waals surface area (Å²) in [7, 11) is 0. The van der Waals surface area contributed by atoms with Gasteiger partial charge in [-0.05, 0) is 31.0 Å². The van der Waals surface area contributed by atoms with Crippen LogP contribution in [0.15, 0.2) is 30.3 Å². The molecule has 0 bridgehead atoms. The van der Waals surface area contributed by atoms with E-state index in [1.54, 1.807) is 0 Å². The number of anilines is 2. The Labute approximate surface area is 146 Å². The van der Waals surface area contributed by atoms with E-state index in [-0.39, 0.29) is 12.1 Å². The van der Waals surface area contributed by atoms with Gasteiger partial charge in [-0.2, -0.15) is 0 Å². The monoisotopic (exact) mass is 336 g/mol. The second kappa shape index (κ2) is 5.41. The Kier molecular flexibility index (Phi) is 3.17. The number of urea groups is 1. The number of nitrogens with one attached hydrogen (secondary N) is 1. The van der Waals surface area contributed by atoms with Crippen LogP contribution in [0.5, 0.6) is 11.5 Å². The number of hydrogen-bond donors (Lipinski definition) is 1. The van der Waals surface area contributed by atoms with Crippen LogP contribution < -0.4 is 19.7 Å². The summed E-state index contributed by atoms with van der Waals surface area (Å²) in [5.74, 6) is 1.70. The van der Waals surface area contributed by atoms with Crippen molar-refractivity contribution in [1.82, 2.24) is 0 Å². The average Bonchev–Trinajstić information content (AvgIpc) is 3.30. The first kappa shape index (κ1) is 14.6. The molecule has 1 N–H and O–H groups in total. The highest BCUT2D eigenvalue weighted by Crippen LogP contribution is 2.44. The minimum atomic E-state index is -0.101. The van der Waals surface area contributed by atoms with Gasteiger partial charge in [0, 0.05) is 35.7 Å². The fourth-order valence-corrected chi connectivity index (χ4v) is 4.16. The number of amides is 2. The molecule has 128 valence electrons. The first-order valence-corrected chi connectivity index (χ1v) is 8.85. The number of benzene rings is 2. The molecular formula is C20H20N2O3. The Morgan fingerprint density at radius 3 is 2.92 bits per heavy atom. The zero-order valence-electron chi connectivity index (χ0n) is 14.2. The van der Waals surface area contributed by atoms with Crippen LogP contribution in [-0.2, 0) is 19.3 Å². The Bertz CT molecular complexity index is 845. The summed E-state index contributed by atoms with van der Waals surface area (Å²) >= 11 is 0. The van der Waals surface area contributed by atoms with E-state index in [1.807, 2.05) is 23.1 Å². The van der Waals surface area contributed by atoms with Crippen molar-refractivity contribution in [3.8, 4) is 11.5 Å². The lowest BCUT2D eigenvalue weighted by Crippen LogP contribution is -2.39. The smallest absolute Gasteiger partial charge is 0.326 e. The molecule has 0 fully saturated rings. The van der Waals surface area contributed by atoms with Crippen LogP contribution in [0.1, 0.15) is 23.6 Å². The molecule has 5 rings (SSSR count). The van der Waals surface area contributed by atoms with Crippen molar-refractivity contribution < 1.29 is 14.3 Å². The summed E-state index contributed by atoms with van der Waals surface area (Å²) in [6, 6.07) is 10.2. The molecule has 5 heteroatoms. The number of carbonyl (C=O) groups excluding carboxylic acids is 1. The van der Waals surface area contributed by atoms with Crippen LogP contribution in [0.2, 0.25) is 0 Å². The minimum absolute atomic E-state index is 0.101. The molecule has 1 unspecified atom stereocenters. The Morgan fingerprint density at radius 2 is 2.00 bits per heavy atom. The van der Waals surface area contributed by atoms with Crippen molar-refractivity contribution in [2.75, 3.05) is 23.4 Å². The quantitative estimate of drug-likeness (QED) is 0.866. The number of hydrogen-bond acceptors (Lipinski definition) is 3. The highest BCUT2D eigenvalue weighted by molar-refractivity contribution is 6.05. The van der Waals surface area contributed by atoms with Crippen molar-refractivity contribution in [1.29, 1.82) is 0 Å². The third kappa shape index (κ3) is 2.18.